The molecule has 3 aromatic rings. The third-order valence-electron chi connectivity index (χ3n) is 4.72. The predicted octanol–water partition coefficient (Wildman–Crippen LogP) is 3.31. The molecule has 0 aliphatic carbocycles. The first-order valence-corrected chi connectivity index (χ1v) is 11.1. The highest BCUT2D eigenvalue weighted by molar-refractivity contribution is 7.89. The van der Waals surface area contributed by atoms with E-state index >= 15 is 0 Å². The smallest absolute Gasteiger partial charge is 0.243 e. The Morgan fingerprint density at radius 2 is 1.93 bits per heavy atom. The van der Waals surface area contributed by atoms with E-state index in [4.69, 9.17) is 9.47 Å². The van der Waals surface area contributed by atoms with Crippen molar-refractivity contribution >= 4 is 20.9 Å². The van der Waals surface area contributed by atoms with Crippen molar-refractivity contribution in [1.82, 2.24) is 9.71 Å². The number of aromatic nitrogens is 1. The Balaban J connectivity index is 1.37. The molecule has 1 aliphatic rings. The molecule has 6 nitrogen and oxygen atoms in total. The summed E-state index contributed by atoms with van der Waals surface area (Å²) < 4.78 is 39.4. The van der Waals surface area contributed by atoms with Crippen molar-refractivity contribution < 1.29 is 17.9 Å². The molecule has 4 rings (SSSR count). The van der Waals surface area contributed by atoms with Crippen LogP contribution in [0.1, 0.15) is 19.4 Å². The number of rotatable bonds is 5. The van der Waals surface area contributed by atoms with Gasteiger partial charge in [0.15, 0.2) is 11.5 Å². The third-order valence-corrected chi connectivity index (χ3v) is 6.15. The molecule has 2 aromatic carbocycles. The first-order valence-electron chi connectivity index (χ1n) is 9.59. The molecule has 0 radical (unpaired) electrons. The van der Waals surface area contributed by atoms with E-state index in [2.05, 4.69) is 21.5 Å². The van der Waals surface area contributed by atoms with Gasteiger partial charge in [0, 0.05) is 23.6 Å². The zero-order chi connectivity index (χ0) is 21.2. The van der Waals surface area contributed by atoms with E-state index in [1.54, 1.807) is 18.3 Å². The third kappa shape index (κ3) is 4.25. The summed E-state index contributed by atoms with van der Waals surface area (Å²) in [5.74, 6) is 7.03. The first-order chi connectivity index (χ1) is 14.4. The maximum absolute atomic E-state index is 12.6. The lowest BCUT2D eigenvalue weighted by molar-refractivity contribution is 0.133. The normalized spacial score (nSPS) is 14.5. The van der Waals surface area contributed by atoms with Crippen LogP contribution in [0, 0.1) is 11.8 Å². The lowest BCUT2D eigenvalue weighted by Gasteiger charge is -2.17. The highest BCUT2D eigenvalue weighted by Crippen LogP contribution is 2.41. The van der Waals surface area contributed by atoms with Gasteiger partial charge in [0.25, 0.3) is 0 Å². The topological polar surface area (TPSA) is 77.5 Å². The summed E-state index contributed by atoms with van der Waals surface area (Å²) in [5.41, 5.74) is 1.30. The number of hydrogen-bond donors (Lipinski definition) is 1. The molecule has 30 heavy (non-hydrogen) atoms. The molecule has 0 saturated heterocycles. The standard InChI is InChI=1S/C23H22N2O4S/c1-23(2)16-18-9-5-11-19(22(18)29-23)28-15-4-3-14-25-30(26,27)20-12-6-8-17-10-7-13-24-21(17)20/h5-13,25H,14-16H2,1-2H3. The Kier molecular flexibility index (Phi) is 5.37. The number of ether oxygens (including phenoxy) is 2. The number of sulfonamides is 1. The summed E-state index contributed by atoms with van der Waals surface area (Å²) in [6, 6.07) is 14.4. The van der Waals surface area contributed by atoms with E-state index < -0.39 is 10.0 Å². The number of pyridine rings is 1. The molecule has 0 fully saturated rings. The van der Waals surface area contributed by atoms with E-state index in [1.165, 1.54) is 6.07 Å². The molecule has 0 bridgehead atoms. The second-order valence-electron chi connectivity index (χ2n) is 7.58. The van der Waals surface area contributed by atoms with Gasteiger partial charge < -0.3 is 9.47 Å². The van der Waals surface area contributed by atoms with Crippen molar-refractivity contribution in [3.05, 3.63) is 60.3 Å². The average Bonchev–Trinajstić information content (AvgIpc) is 3.04. The van der Waals surface area contributed by atoms with Crippen LogP contribution in [0.3, 0.4) is 0 Å². The molecular weight excluding hydrogens is 400 g/mol. The minimum atomic E-state index is -3.72. The van der Waals surface area contributed by atoms with Crippen LogP contribution in [0.2, 0.25) is 0 Å². The van der Waals surface area contributed by atoms with Crippen molar-refractivity contribution in [3.63, 3.8) is 0 Å². The average molecular weight is 423 g/mol. The minimum absolute atomic E-state index is 0.0225. The van der Waals surface area contributed by atoms with Crippen molar-refractivity contribution in [2.24, 2.45) is 0 Å². The summed E-state index contributed by atoms with van der Waals surface area (Å²) >= 11 is 0. The minimum Gasteiger partial charge on any atom is -0.483 e. The summed E-state index contributed by atoms with van der Waals surface area (Å²) in [7, 11) is -3.72. The fourth-order valence-corrected chi connectivity index (χ4v) is 4.53. The predicted molar refractivity (Wildman–Crippen MR) is 115 cm³/mol. The lowest BCUT2D eigenvalue weighted by atomic mass is 10.0. The Labute approximate surface area is 176 Å². The van der Waals surface area contributed by atoms with Crippen LogP contribution in [0.5, 0.6) is 11.5 Å². The quantitative estimate of drug-likeness (QED) is 0.639. The monoisotopic (exact) mass is 422 g/mol. The van der Waals surface area contributed by atoms with Crippen LogP contribution in [0.25, 0.3) is 10.9 Å². The van der Waals surface area contributed by atoms with E-state index in [0.29, 0.717) is 11.3 Å². The Bertz CT molecular complexity index is 1250. The van der Waals surface area contributed by atoms with E-state index in [-0.39, 0.29) is 23.6 Å². The number of nitrogens with zero attached hydrogens (tertiary/aromatic N) is 1. The molecule has 0 unspecified atom stereocenters. The van der Waals surface area contributed by atoms with Crippen LogP contribution in [0.15, 0.2) is 59.6 Å². The molecule has 0 atom stereocenters. The maximum atomic E-state index is 12.6. The first kappa shape index (κ1) is 20.2. The Hall–Kier alpha value is -3.08. The molecular formula is C23H22N2O4S. The van der Waals surface area contributed by atoms with Gasteiger partial charge in [-0.25, -0.2) is 8.42 Å². The number of para-hydroxylation sites is 2. The van der Waals surface area contributed by atoms with Gasteiger partial charge in [-0.15, -0.1) is 0 Å². The van der Waals surface area contributed by atoms with Crippen molar-refractivity contribution in [1.29, 1.82) is 0 Å². The van der Waals surface area contributed by atoms with Gasteiger partial charge in [-0.3, -0.25) is 4.98 Å². The largest absolute Gasteiger partial charge is 0.483 e. The van der Waals surface area contributed by atoms with Gasteiger partial charge in [0.1, 0.15) is 17.1 Å². The highest BCUT2D eigenvalue weighted by Gasteiger charge is 2.32. The molecule has 1 N–H and O–H groups in total. The van der Waals surface area contributed by atoms with Crippen molar-refractivity contribution in [2.45, 2.75) is 30.8 Å². The second kappa shape index (κ2) is 7.98. The molecule has 0 spiro atoms. The lowest BCUT2D eigenvalue weighted by Crippen LogP contribution is -2.24. The van der Waals surface area contributed by atoms with Gasteiger partial charge in [0.2, 0.25) is 10.0 Å². The summed E-state index contributed by atoms with van der Waals surface area (Å²) in [6.45, 7) is 4.19. The molecule has 1 aliphatic heterocycles. The van der Waals surface area contributed by atoms with Gasteiger partial charge in [-0.1, -0.05) is 42.2 Å². The van der Waals surface area contributed by atoms with Crippen molar-refractivity contribution in [2.75, 3.05) is 13.2 Å². The van der Waals surface area contributed by atoms with E-state index in [1.807, 2.05) is 44.2 Å². The number of nitrogens with one attached hydrogen (secondary N) is 1. The Morgan fingerprint density at radius 1 is 1.13 bits per heavy atom. The summed E-state index contributed by atoms with van der Waals surface area (Å²) in [6.07, 6.45) is 2.40. The number of fused-ring (bicyclic) bond motifs is 2. The van der Waals surface area contributed by atoms with Crippen LogP contribution in [-0.2, 0) is 16.4 Å². The molecule has 2 heterocycles. The van der Waals surface area contributed by atoms with E-state index in [9.17, 15) is 8.42 Å². The van der Waals surface area contributed by atoms with Crippen LogP contribution in [-0.4, -0.2) is 32.2 Å². The summed E-state index contributed by atoms with van der Waals surface area (Å²) in [4.78, 5) is 4.33. The van der Waals surface area contributed by atoms with Crippen LogP contribution >= 0.6 is 0 Å². The molecule has 1 aromatic heterocycles. The molecule has 154 valence electrons. The highest BCUT2D eigenvalue weighted by atomic mass is 32.2. The molecule has 0 amide bonds. The van der Waals surface area contributed by atoms with Gasteiger partial charge in [0.05, 0.1) is 12.1 Å². The van der Waals surface area contributed by atoms with Gasteiger partial charge in [-0.05, 0) is 32.0 Å². The Morgan fingerprint density at radius 3 is 2.80 bits per heavy atom. The maximum Gasteiger partial charge on any atom is 0.243 e. The summed E-state index contributed by atoms with van der Waals surface area (Å²) in [5, 5.41) is 0.764. The van der Waals surface area contributed by atoms with Gasteiger partial charge in [-0.2, -0.15) is 4.72 Å². The number of benzene rings is 2. The molecule has 0 saturated carbocycles. The number of hydrogen-bond acceptors (Lipinski definition) is 5. The SMILES string of the molecule is CC1(C)Cc2cccc(OCC#CCNS(=O)(=O)c3cccc4cccnc34)c2O1. The fraction of sp³-hybridized carbons (Fsp3) is 0.261. The molecule has 7 heteroatoms. The van der Waals surface area contributed by atoms with Gasteiger partial charge >= 0.3 is 0 Å². The second-order valence-corrected chi connectivity index (χ2v) is 9.32. The zero-order valence-electron chi connectivity index (χ0n) is 16.8. The zero-order valence-corrected chi connectivity index (χ0v) is 17.6. The van der Waals surface area contributed by atoms with Crippen LogP contribution < -0.4 is 14.2 Å². The fourth-order valence-electron chi connectivity index (χ4n) is 3.43. The van der Waals surface area contributed by atoms with E-state index in [0.717, 1.165) is 23.1 Å². The van der Waals surface area contributed by atoms with Crippen LogP contribution in [0.4, 0.5) is 0 Å². The van der Waals surface area contributed by atoms with Crippen molar-refractivity contribution in [3.8, 4) is 23.3 Å².